The van der Waals surface area contributed by atoms with Crippen molar-refractivity contribution in [3.8, 4) is 22.8 Å². The summed E-state index contributed by atoms with van der Waals surface area (Å²) in [6.07, 6.45) is 11.4. The van der Waals surface area contributed by atoms with E-state index in [4.69, 9.17) is 9.72 Å². The summed E-state index contributed by atoms with van der Waals surface area (Å²) in [6.45, 7) is 3.97. The molecule has 43 heavy (non-hydrogen) atoms. The minimum Gasteiger partial charge on any atom is -0.479 e. The van der Waals surface area contributed by atoms with Gasteiger partial charge in [-0.15, -0.1) is 11.7 Å². The molecule has 2 fully saturated rings. The number of carbonyl (C=O) groups excluding carboxylic acids is 1. The number of amides is 1. The lowest BCUT2D eigenvalue weighted by atomic mass is 9.77. The molecule has 1 aromatic carbocycles. The Morgan fingerprint density at radius 1 is 1.23 bits per heavy atom. The van der Waals surface area contributed by atoms with Crippen molar-refractivity contribution in [2.45, 2.75) is 56.5 Å². The molecule has 0 unspecified atom stereocenters. The Balaban J connectivity index is 1.39. The summed E-state index contributed by atoms with van der Waals surface area (Å²) in [5.41, 5.74) is 4.55. The molecule has 0 saturated heterocycles. The number of ether oxygens (including phenoxy) is 1. The van der Waals surface area contributed by atoms with Crippen molar-refractivity contribution in [3.05, 3.63) is 69.4 Å². The molecule has 0 spiro atoms. The van der Waals surface area contributed by atoms with Crippen molar-refractivity contribution < 1.29 is 9.53 Å². The molecular weight excluding hydrogens is 657 g/mol. The molecule has 0 radical (unpaired) electrons. The van der Waals surface area contributed by atoms with Gasteiger partial charge in [-0.1, -0.05) is 24.3 Å². The van der Waals surface area contributed by atoms with Crippen LogP contribution in [-0.2, 0) is 11.8 Å². The van der Waals surface area contributed by atoms with Crippen molar-refractivity contribution in [3.63, 3.8) is 0 Å². The van der Waals surface area contributed by atoms with Crippen LogP contribution in [0.1, 0.15) is 51.0 Å². The number of benzene rings is 1. The molecule has 222 valence electrons. The van der Waals surface area contributed by atoms with Crippen LogP contribution >= 0.6 is 22.6 Å². The van der Waals surface area contributed by atoms with Gasteiger partial charge in [0.2, 0.25) is 11.8 Å². The molecule has 2 aliphatic rings. The van der Waals surface area contributed by atoms with Crippen molar-refractivity contribution >= 4 is 50.6 Å². The second-order valence-corrected chi connectivity index (χ2v) is 12.9. The first-order chi connectivity index (χ1) is 20.8. The van der Waals surface area contributed by atoms with E-state index in [1.807, 2.05) is 54.2 Å². The Morgan fingerprint density at radius 2 is 1.98 bits per heavy atom. The minimum absolute atomic E-state index is 0.0186. The number of nitrogens with zero attached hydrogens (tertiary/aromatic N) is 5. The zero-order valence-corrected chi connectivity index (χ0v) is 26.4. The van der Waals surface area contributed by atoms with Gasteiger partial charge in [0.05, 0.1) is 44.6 Å². The zero-order valence-electron chi connectivity index (χ0n) is 24.3. The van der Waals surface area contributed by atoms with Crippen LogP contribution in [0.25, 0.3) is 39.0 Å². The van der Waals surface area contributed by atoms with Gasteiger partial charge in [-0.05, 0) is 79.7 Å². The number of aryl methyl sites for hydroxylation is 1. The third-order valence-electron chi connectivity index (χ3n) is 9.00. The quantitative estimate of drug-likeness (QED) is 0.162. The normalized spacial score (nSPS) is 20.5. The highest BCUT2D eigenvalue weighted by molar-refractivity contribution is 14.1. The molecule has 1 amide bonds. The van der Waals surface area contributed by atoms with E-state index in [0.29, 0.717) is 11.4 Å². The van der Waals surface area contributed by atoms with Gasteiger partial charge in [0.25, 0.3) is 0 Å². The summed E-state index contributed by atoms with van der Waals surface area (Å²) in [7, 11) is 3.49. The third-order valence-corrected chi connectivity index (χ3v) is 10.1. The molecule has 0 aliphatic heterocycles. The molecule has 2 aliphatic carbocycles. The highest BCUT2D eigenvalue weighted by Gasteiger charge is 2.40. The van der Waals surface area contributed by atoms with Crippen molar-refractivity contribution in [2.24, 2.45) is 13.0 Å². The lowest BCUT2D eigenvalue weighted by Crippen LogP contribution is -2.51. The SMILES string of the molecule is C=CCC1(NC(=O)C2CC2)CCC(n2c(=O)[nH]c3cnc4c(c(I)c(-c5cn(C)nc5OC)n4-c4ccccc4)c32)CC1. The number of aromatic nitrogens is 6. The van der Waals surface area contributed by atoms with Gasteiger partial charge in [0.15, 0.2) is 0 Å². The monoisotopic (exact) mass is 691 g/mol. The number of methoxy groups -OCH3 is 1. The average molecular weight is 692 g/mol. The van der Waals surface area contributed by atoms with Gasteiger partial charge in [0, 0.05) is 36.4 Å². The summed E-state index contributed by atoms with van der Waals surface area (Å²) in [4.78, 5) is 34.4. The van der Waals surface area contributed by atoms with Crippen LogP contribution in [0, 0.1) is 9.49 Å². The van der Waals surface area contributed by atoms with Crippen molar-refractivity contribution in [2.75, 3.05) is 7.11 Å². The maximum absolute atomic E-state index is 13.6. The molecule has 11 heteroatoms. The number of carbonyl (C=O) groups is 1. The second kappa shape index (κ2) is 10.7. The van der Waals surface area contributed by atoms with E-state index < -0.39 is 0 Å². The summed E-state index contributed by atoms with van der Waals surface area (Å²) in [6, 6.07) is 10.1. The number of H-pyrrole nitrogens is 1. The standard InChI is InChI=1S/C32H34IN7O3/c1-4-14-32(36-29(41)19-10-11-19)15-12-21(13-16-32)40-27-23(35-31(40)42)17-34-28-24(27)25(33)26(22-18-38(2)37-30(22)43-3)39(28)20-8-6-5-7-9-20/h4-9,17-19,21H,1,10-16H2,2-3H3,(H,35,42)(H,36,41). The molecule has 0 atom stereocenters. The number of nitrogens with one attached hydrogen (secondary N) is 2. The zero-order chi connectivity index (χ0) is 29.9. The summed E-state index contributed by atoms with van der Waals surface area (Å²) < 4.78 is 12.5. The number of rotatable bonds is 8. The smallest absolute Gasteiger partial charge is 0.326 e. The predicted molar refractivity (Wildman–Crippen MR) is 175 cm³/mol. The van der Waals surface area contributed by atoms with E-state index in [9.17, 15) is 9.59 Å². The number of imidazole rings is 1. The topological polar surface area (TPSA) is 112 Å². The van der Waals surface area contributed by atoms with Crippen LogP contribution in [0.15, 0.2) is 60.2 Å². The average Bonchev–Trinajstić information content (AvgIpc) is 3.63. The van der Waals surface area contributed by atoms with Gasteiger partial charge in [-0.3, -0.25) is 18.6 Å². The van der Waals surface area contributed by atoms with Gasteiger partial charge >= 0.3 is 5.69 Å². The largest absolute Gasteiger partial charge is 0.479 e. The lowest BCUT2D eigenvalue weighted by molar-refractivity contribution is -0.124. The van der Waals surface area contributed by atoms with Crippen molar-refractivity contribution in [1.82, 2.24) is 34.2 Å². The molecule has 7 rings (SSSR count). The molecular formula is C32H34IN7O3. The molecule has 5 aromatic rings. The molecule has 4 aromatic heterocycles. The minimum atomic E-state index is -0.306. The van der Waals surface area contributed by atoms with E-state index >= 15 is 0 Å². The van der Waals surface area contributed by atoms with Crippen LogP contribution in [-0.4, -0.2) is 47.4 Å². The number of hydrogen-bond donors (Lipinski definition) is 2. The van der Waals surface area contributed by atoms with E-state index in [-0.39, 0.29) is 29.1 Å². The first-order valence-electron chi connectivity index (χ1n) is 14.7. The Morgan fingerprint density at radius 3 is 2.65 bits per heavy atom. The number of hydrogen-bond acceptors (Lipinski definition) is 5. The third kappa shape index (κ3) is 4.68. The van der Waals surface area contributed by atoms with Crippen LogP contribution in [0.3, 0.4) is 0 Å². The first kappa shape index (κ1) is 27.9. The van der Waals surface area contributed by atoms with E-state index in [1.54, 1.807) is 18.0 Å². The van der Waals surface area contributed by atoms with Gasteiger partial charge in [0.1, 0.15) is 5.65 Å². The molecule has 2 saturated carbocycles. The summed E-state index contributed by atoms with van der Waals surface area (Å²) in [5.74, 6) is 0.828. The number of aromatic amines is 1. The fourth-order valence-electron chi connectivity index (χ4n) is 6.78. The predicted octanol–water partition coefficient (Wildman–Crippen LogP) is 5.64. The number of para-hydroxylation sites is 1. The fraction of sp³-hybridized carbons (Fsp3) is 0.375. The Labute approximate surface area is 262 Å². The van der Waals surface area contributed by atoms with E-state index in [0.717, 1.165) is 82.0 Å². The highest BCUT2D eigenvalue weighted by Crippen LogP contribution is 2.44. The molecule has 4 heterocycles. The Bertz CT molecular complexity index is 1920. The number of halogens is 1. The molecule has 10 nitrogen and oxygen atoms in total. The summed E-state index contributed by atoms with van der Waals surface area (Å²) in [5, 5.41) is 8.81. The van der Waals surface area contributed by atoms with Gasteiger partial charge in [-0.25, -0.2) is 9.78 Å². The van der Waals surface area contributed by atoms with Crippen LogP contribution in [0.5, 0.6) is 5.88 Å². The maximum atomic E-state index is 13.6. The van der Waals surface area contributed by atoms with Gasteiger partial charge in [-0.2, -0.15) is 0 Å². The Kier molecular flexibility index (Phi) is 6.94. The number of fused-ring (bicyclic) bond motifs is 3. The first-order valence-corrected chi connectivity index (χ1v) is 15.8. The highest BCUT2D eigenvalue weighted by atomic mass is 127. The maximum Gasteiger partial charge on any atom is 0.326 e. The van der Waals surface area contributed by atoms with Crippen LogP contribution < -0.4 is 15.7 Å². The van der Waals surface area contributed by atoms with Crippen LogP contribution in [0.2, 0.25) is 0 Å². The molecule has 2 N–H and O–H groups in total. The van der Waals surface area contributed by atoms with Crippen LogP contribution in [0.4, 0.5) is 0 Å². The Hall–Kier alpha value is -3.87. The second-order valence-electron chi connectivity index (χ2n) is 11.8. The fourth-order valence-corrected chi connectivity index (χ4v) is 7.81. The molecule has 0 bridgehead atoms. The van der Waals surface area contributed by atoms with E-state index in [1.165, 1.54) is 0 Å². The lowest BCUT2D eigenvalue weighted by Gasteiger charge is -2.41. The van der Waals surface area contributed by atoms with E-state index in [2.05, 4.69) is 49.1 Å². The summed E-state index contributed by atoms with van der Waals surface area (Å²) >= 11 is 2.38. The number of pyridine rings is 1. The van der Waals surface area contributed by atoms with Crippen molar-refractivity contribution in [1.29, 1.82) is 0 Å². The van der Waals surface area contributed by atoms with Gasteiger partial charge < -0.3 is 15.0 Å².